The van der Waals surface area contributed by atoms with Gasteiger partial charge in [0.1, 0.15) is 6.54 Å². The van der Waals surface area contributed by atoms with E-state index in [1.54, 1.807) is 0 Å². The molecule has 1 aromatic rings. The van der Waals surface area contributed by atoms with Crippen LogP contribution < -0.4 is 0 Å². The van der Waals surface area contributed by atoms with E-state index in [1.807, 2.05) is 0 Å². The monoisotopic (exact) mass is 283 g/mol. The topological polar surface area (TPSA) is 74.7 Å². The van der Waals surface area contributed by atoms with Crippen LogP contribution in [0.3, 0.4) is 0 Å². The zero-order valence-corrected chi connectivity index (χ0v) is 10.3. The second kappa shape index (κ2) is 5.36. The second-order valence-corrected chi connectivity index (χ2v) is 4.57. The Bertz CT molecular complexity index is 588. The highest BCUT2D eigenvalue weighted by Gasteiger charge is 2.39. The highest BCUT2D eigenvalue weighted by molar-refractivity contribution is 6.05. The molecule has 106 valence electrons. The van der Waals surface area contributed by atoms with E-state index in [0.29, 0.717) is 10.5 Å². The molecule has 1 fully saturated rings. The van der Waals surface area contributed by atoms with Crippen LogP contribution in [-0.4, -0.2) is 34.3 Å². The molecule has 0 aromatic heterocycles. The zero-order chi connectivity index (χ0) is 14.9. The smallest absolute Gasteiger partial charge is 0.323 e. The Kier molecular flexibility index (Phi) is 3.78. The van der Waals surface area contributed by atoms with Gasteiger partial charge in [0.15, 0.2) is 11.6 Å². The largest absolute Gasteiger partial charge is 0.480 e. The molecule has 5 nitrogen and oxygen atoms in total. The minimum atomic E-state index is -1.28. The normalized spacial score (nSPS) is 18.7. The van der Waals surface area contributed by atoms with Gasteiger partial charge in [-0.3, -0.25) is 19.3 Å². The van der Waals surface area contributed by atoms with E-state index in [2.05, 4.69) is 0 Å². The van der Waals surface area contributed by atoms with Gasteiger partial charge in [-0.25, -0.2) is 8.78 Å². The lowest BCUT2D eigenvalue weighted by molar-refractivity contribution is -0.149. The maximum absolute atomic E-state index is 13.1. The first-order valence-corrected chi connectivity index (χ1v) is 5.88. The van der Waals surface area contributed by atoms with E-state index in [4.69, 9.17) is 5.11 Å². The summed E-state index contributed by atoms with van der Waals surface area (Å²) in [5, 5.41) is 8.62. The fourth-order valence-corrected chi connectivity index (χ4v) is 2.16. The number of carboxylic acid groups (broad SMARTS) is 1. The Morgan fingerprint density at radius 3 is 2.60 bits per heavy atom. The molecule has 1 atom stereocenters. The molecular weight excluding hydrogens is 272 g/mol. The maximum Gasteiger partial charge on any atom is 0.323 e. The van der Waals surface area contributed by atoms with Gasteiger partial charge in [0.05, 0.1) is 5.92 Å². The first-order chi connectivity index (χ1) is 9.38. The molecule has 0 aliphatic carbocycles. The number of carboxylic acids is 1. The zero-order valence-electron chi connectivity index (χ0n) is 10.3. The van der Waals surface area contributed by atoms with Crippen molar-refractivity contribution in [2.75, 3.05) is 6.54 Å². The van der Waals surface area contributed by atoms with Crippen molar-refractivity contribution in [1.82, 2.24) is 4.90 Å². The molecule has 0 saturated carbocycles. The van der Waals surface area contributed by atoms with E-state index in [0.717, 1.165) is 12.1 Å². The number of likely N-dealkylation sites (tertiary alicyclic amines) is 1. The van der Waals surface area contributed by atoms with Crippen molar-refractivity contribution in [1.29, 1.82) is 0 Å². The number of nitrogens with zero attached hydrogens (tertiary/aromatic N) is 1. The second-order valence-electron chi connectivity index (χ2n) is 4.57. The minimum Gasteiger partial charge on any atom is -0.480 e. The fraction of sp³-hybridized carbons (Fsp3) is 0.308. The Labute approximate surface area is 112 Å². The lowest BCUT2D eigenvalue weighted by Gasteiger charge is -2.12. The molecule has 1 heterocycles. The third kappa shape index (κ3) is 2.81. The van der Waals surface area contributed by atoms with Gasteiger partial charge in [0.2, 0.25) is 11.8 Å². The summed E-state index contributed by atoms with van der Waals surface area (Å²) in [7, 11) is 0. The molecule has 0 spiro atoms. The molecule has 20 heavy (non-hydrogen) atoms. The molecule has 0 bridgehead atoms. The number of hydrogen-bond donors (Lipinski definition) is 1. The quantitative estimate of drug-likeness (QED) is 0.835. The highest BCUT2D eigenvalue weighted by Crippen LogP contribution is 2.24. The van der Waals surface area contributed by atoms with Gasteiger partial charge < -0.3 is 5.11 Å². The highest BCUT2D eigenvalue weighted by atomic mass is 19.2. The predicted molar refractivity (Wildman–Crippen MR) is 62.5 cm³/mol. The third-order valence-electron chi connectivity index (χ3n) is 3.10. The Morgan fingerprint density at radius 2 is 2.00 bits per heavy atom. The van der Waals surface area contributed by atoms with Crippen molar-refractivity contribution < 1.29 is 28.3 Å². The molecule has 7 heteroatoms. The molecule has 1 unspecified atom stereocenters. The molecule has 2 rings (SSSR count). The summed E-state index contributed by atoms with van der Waals surface area (Å²) in [4.78, 5) is 34.7. The van der Waals surface area contributed by atoms with Crippen LogP contribution in [0.4, 0.5) is 8.78 Å². The van der Waals surface area contributed by atoms with Crippen molar-refractivity contribution in [3.05, 3.63) is 35.4 Å². The van der Waals surface area contributed by atoms with Crippen LogP contribution in [0.2, 0.25) is 0 Å². The molecule has 1 saturated heterocycles. The number of benzene rings is 1. The number of aliphatic carboxylic acids is 1. The third-order valence-corrected chi connectivity index (χ3v) is 3.10. The van der Waals surface area contributed by atoms with Crippen LogP contribution >= 0.6 is 0 Å². The van der Waals surface area contributed by atoms with Crippen LogP contribution in [-0.2, 0) is 20.8 Å². The van der Waals surface area contributed by atoms with Crippen LogP contribution in [0.25, 0.3) is 0 Å². The Balaban J connectivity index is 2.11. The first kappa shape index (κ1) is 14.1. The first-order valence-electron chi connectivity index (χ1n) is 5.88. The van der Waals surface area contributed by atoms with E-state index < -0.39 is 41.9 Å². The molecule has 1 aliphatic rings. The van der Waals surface area contributed by atoms with Gasteiger partial charge in [-0.1, -0.05) is 6.07 Å². The molecule has 1 N–H and O–H groups in total. The van der Waals surface area contributed by atoms with Gasteiger partial charge in [-0.15, -0.1) is 0 Å². The number of hydrogen-bond acceptors (Lipinski definition) is 3. The van der Waals surface area contributed by atoms with Crippen LogP contribution in [0, 0.1) is 17.6 Å². The average molecular weight is 283 g/mol. The van der Waals surface area contributed by atoms with E-state index in [1.165, 1.54) is 6.07 Å². The summed E-state index contributed by atoms with van der Waals surface area (Å²) >= 11 is 0. The summed E-state index contributed by atoms with van der Waals surface area (Å²) in [6, 6.07) is 3.24. The Hall–Kier alpha value is -2.31. The summed E-state index contributed by atoms with van der Waals surface area (Å²) in [6.07, 6.45) is -0.0526. The van der Waals surface area contributed by atoms with Crippen molar-refractivity contribution >= 4 is 17.8 Å². The van der Waals surface area contributed by atoms with Gasteiger partial charge in [-0.05, 0) is 24.1 Å². The van der Waals surface area contributed by atoms with Crippen molar-refractivity contribution in [3.8, 4) is 0 Å². The summed E-state index contributed by atoms with van der Waals surface area (Å²) in [5.41, 5.74) is 0.382. The number of carbonyl (C=O) groups excluding carboxylic acids is 2. The molecule has 1 aromatic carbocycles. The fourth-order valence-electron chi connectivity index (χ4n) is 2.16. The van der Waals surface area contributed by atoms with Crippen molar-refractivity contribution in [2.45, 2.75) is 12.8 Å². The number of rotatable bonds is 4. The predicted octanol–water partition coefficient (Wildman–Crippen LogP) is 0.967. The summed E-state index contributed by atoms with van der Waals surface area (Å²) in [6.45, 7) is -0.675. The summed E-state index contributed by atoms with van der Waals surface area (Å²) < 4.78 is 25.8. The number of amides is 2. The molecule has 2 amide bonds. The average Bonchev–Trinajstić information content (AvgIpc) is 2.61. The Morgan fingerprint density at radius 1 is 1.30 bits per heavy atom. The van der Waals surface area contributed by atoms with Crippen LogP contribution in [0.1, 0.15) is 12.0 Å². The van der Waals surface area contributed by atoms with E-state index in [9.17, 15) is 23.2 Å². The molecule has 1 aliphatic heterocycles. The van der Waals surface area contributed by atoms with Gasteiger partial charge in [0.25, 0.3) is 0 Å². The minimum absolute atomic E-state index is 0.0674. The van der Waals surface area contributed by atoms with Gasteiger partial charge >= 0.3 is 5.97 Å². The standard InChI is InChI=1S/C13H11F2NO4/c14-9-2-1-7(4-10(9)15)3-8-5-11(17)16(13(8)20)6-12(18)19/h1-2,4,8H,3,5-6H2,(H,18,19). The SMILES string of the molecule is O=C(O)CN1C(=O)CC(Cc2ccc(F)c(F)c2)C1=O. The summed E-state index contributed by atoms with van der Waals surface area (Å²) in [5.74, 6) is -5.18. The van der Waals surface area contributed by atoms with E-state index in [-0.39, 0.29) is 12.8 Å². The van der Waals surface area contributed by atoms with Gasteiger partial charge in [-0.2, -0.15) is 0 Å². The lowest BCUT2D eigenvalue weighted by atomic mass is 9.98. The van der Waals surface area contributed by atoms with Gasteiger partial charge in [0, 0.05) is 6.42 Å². The number of carbonyl (C=O) groups is 3. The van der Waals surface area contributed by atoms with E-state index >= 15 is 0 Å². The number of halogens is 2. The maximum atomic E-state index is 13.1. The number of imide groups is 1. The molecule has 0 radical (unpaired) electrons. The van der Waals surface area contributed by atoms with Crippen LogP contribution in [0.5, 0.6) is 0 Å². The van der Waals surface area contributed by atoms with Crippen molar-refractivity contribution in [3.63, 3.8) is 0 Å². The van der Waals surface area contributed by atoms with Crippen molar-refractivity contribution in [2.24, 2.45) is 5.92 Å². The lowest BCUT2D eigenvalue weighted by Crippen LogP contribution is -2.35. The molecular formula is C13H11F2NO4. The van der Waals surface area contributed by atoms with Crippen LogP contribution in [0.15, 0.2) is 18.2 Å².